The number of ether oxygens (including phenoxy) is 2. The van der Waals surface area contributed by atoms with E-state index in [1.165, 1.54) is 25.1 Å². The summed E-state index contributed by atoms with van der Waals surface area (Å²) in [5, 5.41) is 3.55. The Morgan fingerprint density at radius 3 is 2.89 bits per heavy atom. The highest BCUT2D eigenvalue weighted by Crippen LogP contribution is 2.30. The number of hydrogen-bond acceptors (Lipinski definition) is 4. The minimum atomic E-state index is 0.651. The molecule has 0 spiro atoms. The molecule has 3 rings (SSSR count). The van der Waals surface area contributed by atoms with Gasteiger partial charge in [0.15, 0.2) is 11.5 Å². The van der Waals surface area contributed by atoms with E-state index in [4.69, 9.17) is 9.47 Å². The molecule has 0 bridgehead atoms. The van der Waals surface area contributed by atoms with Gasteiger partial charge < -0.3 is 19.7 Å². The fourth-order valence-corrected chi connectivity index (χ4v) is 2.81. The van der Waals surface area contributed by atoms with Gasteiger partial charge in [-0.1, -0.05) is 6.07 Å². The van der Waals surface area contributed by atoms with Gasteiger partial charge in [-0.05, 0) is 50.2 Å². The van der Waals surface area contributed by atoms with Crippen molar-refractivity contribution in [2.45, 2.75) is 13.0 Å². The molecule has 0 amide bonds. The molecule has 2 aliphatic rings. The Hall–Kier alpha value is -1.26. The zero-order valence-corrected chi connectivity index (χ0v) is 11.5. The molecule has 1 N–H and O–H groups in total. The van der Waals surface area contributed by atoms with E-state index in [1.807, 2.05) is 6.07 Å². The molecule has 104 valence electrons. The average Bonchev–Trinajstić information content (AvgIpc) is 2.84. The highest BCUT2D eigenvalue weighted by Gasteiger charge is 2.18. The normalized spacial score (nSPS) is 22.7. The predicted molar refractivity (Wildman–Crippen MR) is 74.7 cm³/mol. The second-order valence-corrected chi connectivity index (χ2v) is 5.53. The van der Waals surface area contributed by atoms with Gasteiger partial charge in [0, 0.05) is 13.1 Å². The highest BCUT2D eigenvalue weighted by molar-refractivity contribution is 5.43. The van der Waals surface area contributed by atoms with Crippen LogP contribution in [0.4, 0.5) is 0 Å². The summed E-state index contributed by atoms with van der Waals surface area (Å²) in [4.78, 5) is 2.40. The molecule has 0 saturated carbocycles. The summed E-state index contributed by atoms with van der Waals surface area (Å²) < 4.78 is 11.1. The van der Waals surface area contributed by atoms with Crippen molar-refractivity contribution in [3.63, 3.8) is 0 Å². The average molecular weight is 262 g/mol. The largest absolute Gasteiger partial charge is 0.486 e. The van der Waals surface area contributed by atoms with Crippen LogP contribution in [0.15, 0.2) is 18.2 Å². The zero-order valence-electron chi connectivity index (χ0n) is 11.5. The summed E-state index contributed by atoms with van der Waals surface area (Å²) >= 11 is 0. The molecule has 0 radical (unpaired) electrons. The molecular weight excluding hydrogens is 240 g/mol. The topological polar surface area (TPSA) is 33.7 Å². The summed E-state index contributed by atoms with van der Waals surface area (Å²) in [7, 11) is 2.20. The molecule has 0 aromatic heterocycles. The third kappa shape index (κ3) is 3.19. The zero-order chi connectivity index (χ0) is 13.1. The van der Waals surface area contributed by atoms with Crippen molar-refractivity contribution in [1.29, 1.82) is 0 Å². The van der Waals surface area contributed by atoms with E-state index < -0.39 is 0 Å². The minimum absolute atomic E-state index is 0.651. The lowest BCUT2D eigenvalue weighted by molar-refractivity contribution is 0.171. The van der Waals surface area contributed by atoms with Gasteiger partial charge >= 0.3 is 0 Å². The third-order valence-corrected chi connectivity index (χ3v) is 3.86. The first kappa shape index (κ1) is 12.8. The van der Waals surface area contributed by atoms with E-state index in [2.05, 4.69) is 29.4 Å². The lowest BCUT2D eigenvalue weighted by atomic mass is 10.1. The Morgan fingerprint density at radius 2 is 2.11 bits per heavy atom. The van der Waals surface area contributed by atoms with Crippen LogP contribution in [0.25, 0.3) is 0 Å². The molecule has 1 aromatic carbocycles. The molecule has 4 nitrogen and oxygen atoms in total. The van der Waals surface area contributed by atoms with E-state index in [0.717, 1.165) is 30.5 Å². The Balaban J connectivity index is 1.50. The smallest absolute Gasteiger partial charge is 0.161 e. The van der Waals surface area contributed by atoms with Crippen LogP contribution in [0, 0.1) is 5.92 Å². The van der Waals surface area contributed by atoms with Crippen LogP contribution in [0.5, 0.6) is 11.5 Å². The standard InChI is InChI=1S/C15H22N2O2/c1-17-5-4-13(11-17)10-16-9-12-2-3-14-15(8-12)19-7-6-18-14/h2-3,8,13,16H,4-7,9-11H2,1H3. The van der Waals surface area contributed by atoms with E-state index in [1.54, 1.807) is 0 Å². The van der Waals surface area contributed by atoms with Gasteiger partial charge in [-0.2, -0.15) is 0 Å². The SMILES string of the molecule is CN1CCC(CNCc2ccc3c(c2)OCCO3)C1. The number of fused-ring (bicyclic) bond motifs is 1. The predicted octanol–water partition coefficient (Wildman–Crippen LogP) is 1.50. The second-order valence-electron chi connectivity index (χ2n) is 5.53. The Morgan fingerprint density at radius 1 is 1.26 bits per heavy atom. The monoisotopic (exact) mass is 262 g/mol. The fourth-order valence-electron chi connectivity index (χ4n) is 2.81. The lowest BCUT2D eigenvalue weighted by Crippen LogP contribution is -2.24. The second kappa shape index (κ2) is 5.80. The molecule has 1 saturated heterocycles. The van der Waals surface area contributed by atoms with Crippen LogP contribution in [-0.4, -0.2) is 44.8 Å². The number of rotatable bonds is 4. The van der Waals surface area contributed by atoms with E-state index in [-0.39, 0.29) is 0 Å². The summed E-state index contributed by atoms with van der Waals surface area (Å²) in [6, 6.07) is 6.21. The third-order valence-electron chi connectivity index (χ3n) is 3.86. The summed E-state index contributed by atoms with van der Waals surface area (Å²) in [5.41, 5.74) is 1.26. The fraction of sp³-hybridized carbons (Fsp3) is 0.600. The maximum Gasteiger partial charge on any atom is 0.161 e. The number of nitrogens with one attached hydrogen (secondary N) is 1. The first-order chi connectivity index (χ1) is 9.31. The maximum atomic E-state index is 5.60. The van der Waals surface area contributed by atoms with Crippen LogP contribution in [0.2, 0.25) is 0 Å². The Labute approximate surface area is 114 Å². The van der Waals surface area contributed by atoms with Crippen LogP contribution in [0.1, 0.15) is 12.0 Å². The van der Waals surface area contributed by atoms with Crippen LogP contribution < -0.4 is 14.8 Å². The minimum Gasteiger partial charge on any atom is -0.486 e. The molecule has 19 heavy (non-hydrogen) atoms. The maximum absolute atomic E-state index is 5.60. The first-order valence-electron chi connectivity index (χ1n) is 7.09. The Kier molecular flexibility index (Phi) is 3.89. The van der Waals surface area contributed by atoms with Crippen molar-refractivity contribution in [2.24, 2.45) is 5.92 Å². The lowest BCUT2D eigenvalue weighted by Gasteiger charge is -2.19. The van der Waals surface area contributed by atoms with E-state index >= 15 is 0 Å². The van der Waals surface area contributed by atoms with Crippen molar-refractivity contribution in [1.82, 2.24) is 10.2 Å². The van der Waals surface area contributed by atoms with Gasteiger partial charge in [-0.25, -0.2) is 0 Å². The van der Waals surface area contributed by atoms with Crippen molar-refractivity contribution < 1.29 is 9.47 Å². The van der Waals surface area contributed by atoms with E-state index in [0.29, 0.717) is 13.2 Å². The molecule has 0 aliphatic carbocycles. The number of nitrogens with zero attached hydrogens (tertiary/aromatic N) is 1. The van der Waals surface area contributed by atoms with Crippen LogP contribution >= 0.6 is 0 Å². The number of likely N-dealkylation sites (tertiary alicyclic amines) is 1. The number of benzene rings is 1. The Bertz CT molecular complexity index is 436. The summed E-state index contributed by atoms with van der Waals surface area (Å²) in [6.07, 6.45) is 1.31. The molecule has 1 aromatic rings. The van der Waals surface area contributed by atoms with Gasteiger partial charge in [0.2, 0.25) is 0 Å². The molecule has 4 heteroatoms. The molecular formula is C15H22N2O2. The van der Waals surface area contributed by atoms with E-state index in [9.17, 15) is 0 Å². The van der Waals surface area contributed by atoms with Gasteiger partial charge in [0.1, 0.15) is 13.2 Å². The molecule has 1 unspecified atom stereocenters. The van der Waals surface area contributed by atoms with Crippen molar-refractivity contribution >= 4 is 0 Å². The van der Waals surface area contributed by atoms with Crippen molar-refractivity contribution in [2.75, 3.05) is 39.9 Å². The molecule has 2 aliphatic heterocycles. The number of hydrogen-bond donors (Lipinski definition) is 1. The van der Waals surface area contributed by atoms with Crippen molar-refractivity contribution in [3.05, 3.63) is 23.8 Å². The summed E-state index contributed by atoms with van der Waals surface area (Å²) in [6.45, 7) is 5.75. The van der Waals surface area contributed by atoms with Crippen molar-refractivity contribution in [3.8, 4) is 11.5 Å². The highest BCUT2D eigenvalue weighted by atomic mass is 16.6. The molecule has 2 heterocycles. The molecule has 1 fully saturated rings. The van der Waals surface area contributed by atoms with Gasteiger partial charge in [-0.3, -0.25) is 0 Å². The first-order valence-corrected chi connectivity index (χ1v) is 7.09. The quantitative estimate of drug-likeness (QED) is 0.891. The van der Waals surface area contributed by atoms with Gasteiger partial charge in [-0.15, -0.1) is 0 Å². The summed E-state index contributed by atoms with van der Waals surface area (Å²) in [5.74, 6) is 2.54. The van der Waals surface area contributed by atoms with Gasteiger partial charge in [0.25, 0.3) is 0 Å². The van der Waals surface area contributed by atoms with Crippen LogP contribution in [0.3, 0.4) is 0 Å². The molecule has 1 atom stereocenters. The van der Waals surface area contributed by atoms with Gasteiger partial charge in [0.05, 0.1) is 0 Å². The van der Waals surface area contributed by atoms with Crippen LogP contribution in [-0.2, 0) is 6.54 Å².